The lowest BCUT2D eigenvalue weighted by Gasteiger charge is -2.25. The summed E-state index contributed by atoms with van der Waals surface area (Å²) in [6.45, 7) is 0. The van der Waals surface area contributed by atoms with Crippen molar-refractivity contribution in [1.82, 2.24) is 4.90 Å². The number of fused-ring (bicyclic) bond motifs is 1. The number of anilines is 1. The van der Waals surface area contributed by atoms with Crippen LogP contribution in [-0.2, 0) is 11.2 Å². The number of carbonyl (C=O) groups excluding carboxylic acids is 3. The normalized spacial score (nSPS) is 13.2. The minimum absolute atomic E-state index is 0.0655. The van der Waals surface area contributed by atoms with E-state index >= 15 is 0 Å². The van der Waals surface area contributed by atoms with Crippen LogP contribution in [0.15, 0.2) is 72.8 Å². The molecule has 1 heterocycles. The molecule has 0 radical (unpaired) electrons. The van der Waals surface area contributed by atoms with Gasteiger partial charge >= 0.3 is 0 Å². The Bertz CT molecular complexity index is 1290. The number of nitro benzene ring substituents is 1. The Morgan fingerprint density at radius 2 is 1.55 bits per heavy atom. The molecule has 0 saturated carbocycles. The van der Waals surface area contributed by atoms with E-state index < -0.39 is 28.7 Å². The predicted molar refractivity (Wildman–Crippen MR) is 117 cm³/mol. The molecule has 1 aliphatic heterocycles. The maximum Gasteiger partial charge on any atom is 0.269 e. The van der Waals surface area contributed by atoms with Gasteiger partial charge in [0, 0.05) is 18.6 Å². The lowest BCUT2D eigenvalue weighted by Crippen LogP contribution is -2.48. The van der Waals surface area contributed by atoms with E-state index in [9.17, 15) is 29.8 Å². The standard InChI is InChI=1S/C24H16N4O5/c25-14-16-5-1-4-8-20(16)26-22(29)21(13-15-9-11-17(12-10-15)28(32)33)27-23(30)18-6-2-3-7-19(18)24(27)31/h1-12,21H,13H2,(H,26,29)/t21-/m0/s1. The van der Waals surface area contributed by atoms with Crippen molar-refractivity contribution >= 4 is 29.1 Å². The summed E-state index contributed by atoms with van der Waals surface area (Å²) in [4.78, 5) is 50.7. The Morgan fingerprint density at radius 3 is 2.12 bits per heavy atom. The molecule has 1 atom stereocenters. The number of hydrogen-bond donors (Lipinski definition) is 1. The third-order valence-electron chi connectivity index (χ3n) is 5.32. The van der Waals surface area contributed by atoms with Crippen LogP contribution in [0, 0.1) is 21.4 Å². The Hall–Kier alpha value is -4.84. The number of nitro groups is 1. The van der Waals surface area contributed by atoms with Gasteiger partial charge in [0.25, 0.3) is 17.5 Å². The first-order valence-corrected chi connectivity index (χ1v) is 9.91. The zero-order valence-electron chi connectivity index (χ0n) is 17.1. The zero-order chi connectivity index (χ0) is 23.5. The summed E-state index contributed by atoms with van der Waals surface area (Å²) in [6.07, 6.45) is -0.0655. The number of benzene rings is 3. The fraction of sp³-hybridized carbons (Fsp3) is 0.0833. The number of nitrogens with zero attached hydrogens (tertiary/aromatic N) is 3. The maximum absolute atomic E-state index is 13.3. The van der Waals surface area contributed by atoms with Gasteiger partial charge in [-0.25, -0.2) is 0 Å². The van der Waals surface area contributed by atoms with E-state index in [4.69, 9.17) is 0 Å². The Morgan fingerprint density at radius 1 is 0.970 bits per heavy atom. The van der Waals surface area contributed by atoms with Gasteiger partial charge < -0.3 is 5.32 Å². The van der Waals surface area contributed by atoms with E-state index in [1.165, 1.54) is 42.5 Å². The van der Waals surface area contributed by atoms with Gasteiger partial charge in [-0.3, -0.25) is 29.4 Å². The minimum atomic E-state index is -1.24. The number of nitrogens with one attached hydrogen (secondary N) is 1. The molecule has 0 aromatic heterocycles. The number of carbonyl (C=O) groups is 3. The summed E-state index contributed by atoms with van der Waals surface area (Å²) >= 11 is 0. The lowest BCUT2D eigenvalue weighted by atomic mass is 10.0. The summed E-state index contributed by atoms with van der Waals surface area (Å²) in [7, 11) is 0. The molecule has 1 aliphatic rings. The first-order chi connectivity index (χ1) is 15.9. The van der Waals surface area contributed by atoms with Gasteiger partial charge in [0.2, 0.25) is 5.91 Å². The quantitative estimate of drug-likeness (QED) is 0.355. The third-order valence-corrected chi connectivity index (χ3v) is 5.32. The van der Waals surface area contributed by atoms with Crippen LogP contribution in [0.3, 0.4) is 0 Å². The van der Waals surface area contributed by atoms with Gasteiger partial charge in [0.05, 0.1) is 27.3 Å². The SMILES string of the molecule is N#Cc1ccccc1NC(=O)[C@H](Cc1ccc([N+](=O)[O-])cc1)N1C(=O)c2ccccc2C1=O. The van der Waals surface area contributed by atoms with Gasteiger partial charge in [-0.15, -0.1) is 0 Å². The second-order valence-corrected chi connectivity index (χ2v) is 7.32. The molecule has 9 heteroatoms. The molecule has 0 fully saturated rings. The molecule has 0 saturated heterocycles. The molecule has 0 unspecified atom stereocenters. The lowest BCUT2D eigenvalue weighted by molar-refractivity contribution is -0.384. The summed E-state index contributed by atoms with van der Waals surface area (Å²) < 4.78 is 0. The van der Waals surface area contributed by atoms with Crippen LogP contribution < -0.4 is 5.32 Å². The topological polar surface area (TPSA) is 133 Å². The molecule has 3 aromatic carbocycles. The first kappa shape index (κ1) is 21.4. The molecule has 1 N–H and O–H groups in total. The van der Waals surface area contributed by atoms with Crippen molar-refractivity contribution in [2.45, 2.75) is 12.5 Å². The molecule has 4 rings (SSSR count). The molecule has 0 spiro atoms. The second kappa shape index (κ2) is 8.72. The van der Waals surface area contributed by atoms with Gasteiger partial charge in [0.15, 0.2) is 0 Å². The molecule has 3 aromatic rings. The van der Waals surface area contributed by atoms with Crippen LogP contribution in [0.5, 0.6) is 0 Å². The second-order valence-electron chi connectivity index (χ2n) is 7.32. The molecule has 162 valence electrons. The molecule has 33 heavy (non-hydrogen) atoms. The highest BCUT2D eigenvalue weighted by Gasteiger charge is 2.42. The van der Waals surface area contributed by atoms with Crippen molar-refractivity contribution in [1.29, 1.82) is 5.26 Å². The average molecular weight is 440 g/mol. The van der Waals surface area contributed by atoms with Crippen LogP contribution in [0.2, 0.25) is 0 Å². The number of hydrogen-bond acceptors (Lipinski definition) is 6. The van der Waals surface area contributed by atoms with Crippen LogP contribution >= 0.6 is 0 Å². The third kappa shape index (κ3) is 4.05. The van der Waals surface area contributed by atoms with Gasteiger partial charge in [0.1, 0.15) is 12.1 Å². The highest BCUT2D eigenvalue weighted by Crippen LogP contribution is 2.27. The van der Waals surface area contributed by atoms with E-state index in [-0.39, 0.29) is 34.5 Å². The Kier molecular flexibility index (Phi) is 5.66. The fourth-order valence-electron chi connectivity index (χ4n) is 3.67. The molecular formula is C24H16N4O5. The largest absolute Gasteiger partial charge is 0.323 e. The van der Waals surface area contributed by atoms with Crippen molar-refractivity contribution in [2.24, 2.45) is 0 Å². The predicted octanol–water partition coefficient (Wildman–Crippen LogP) is 3.31. The highest BCUT2D eigenvalue weighted by atomic mass is 16.6. The zero-order valence-corrected chi connectivity index (χ0v) is 17.1. The summed E-state index contributed by atoms with van der Waals surface area (Å²) in [6, 6.07) is 18.9. The van der Waals surface area contributed by atoms with Crippen molar-refractivity contribution < 1.29 is 19.3 Å². The number of rotatable bonds is 6. The number of imide groups is 1. The average Bonchev–Trinajstić information content (AvgIpc) is 3.08. The Labute approximate surface area is 188 Å². The van der Waals surface area contributed by atoms with Crippen LogP contribution in [-0.4, -0.2) is 33.6 Å². The van der Waals surface area contributed by atoms with Gasteiger partial charge in [-0.2, -0.15) is 5.26 Å². The van der Waals surface area contributed by atoms with Crippen molar-refractivity contribution in [3.05, 3.63) is 105 Å². The minimum Gasteiger partial charge on any atom is -0.323 e. The number of para-hydroxylation sites is 1. The van der Waals surface area contributed by atoms with Gasteiger partial charge in [-0.05, 0) is 29.8 Å². The Balaban J connectivity index is 1.70. The summed E-state index contributed by atoms with van der Waals surface area (Å²) in [5.41, 5.74) is 1.26. The van der Waals surface area contributed by atoms with Crippen LogP contribution in [0.1, 0.15) is 31.8 Å². The first-order valence-electron chi connectivity index (χ1n) is 9.91. The van der Waals surface area contributed by atoms with E-state index in [1.807, 2.05) is 6.07 Å². The monoisotopic (exact) mass is 440 g/mol. The summed E-state index contributed by atoms with van der Waals surface area (Å²) in [5, 5.41) is 22.9. The van der Waals surface area contributed by atoms with Crippen molar-refractivity contribution in [3.8, 4) is 6.07 Å². The molecular weight excluding hydrogens is 424 g/mol. The van der Waals surface area contributed by atoms with Crippen LogP contribution in [0.4, 0.5) is 11.4 Å². The summed E-state index contributed by atoms with van der Waals surface area (Å²) in [5.74, 6) is -1.87. The van der Waals surface area contributed by atoms with Crippen molar-refractivity contribution in [2.75, 3.05) is 5.32 Å². The highest BCUT2D eigenvalue weighted by molar-refractivity contribution is 6.23. The fourth-order valence-corrected chi connectivity index (χ4v) is 3.67. The van der Waals surface area contributed by atoms with E-state index in [0.717, 1.165) is 4.90 Å². The van der Waals surface area contributed by atoms with Crippen molar-refractivity contribution in [3.63, 3.8) is 0 Å². The molecule has 9 nitrogen and oxygen atoms in total. The number of amides is 3. The van der Waals surface area contributed by atoms with E-state index in [2.05, 4.69) is 5.32 Å². The van der Waals surface area contributed by atoms with Gasteiger partial charge in [-0.1, -0.05) is 36.4 Å². The maximum atomic E-state index is 13.3. The molecule has 3 amide bonds. The van der Waals surface area contributed by atoms with Crippen LogP contribution in [0.25, 0.3) is 0 Å². The smallest absolute Gasteiger partial charge is 0.269 e. The molecule has 0 aliphatic carbocycles. The number of non-ortho nitro benzene ring substituents is 1. The number of nitriles is 1. The van der Waals surface area contributed by atoms with E-state index in [0.29, 0.717) is 5.56 Å². The molecule has 0 bridgehead atoms. The van der Waals surface area contributed by atoms with E-state index in [1.54, 1.807) is 30.3 Å².